The molecule has 2 aromatic heterocycles. The van der Waals surface area contributed by atoms with E-state index in [2.05, 4.69) is 15.3 Å². The number of amides is 1. The Morgan fingerprint density at radius 2 is 2.09 bits per heavy atom. The highest BCUT2D eigenvalue weighted by atomic mass is 16.2. The predicted octanol–water partition coefficient (Wildman–Crippen LogP) is 2.31. The number of carbonyl (C=O) groups is 1. The fourth-order valence-corrected chi connectivity index (χ4v) is 3.27. The molecule has 0 unspecified atom stereocenters. The van der Waals surface area contributed by atoms with E-state index in [0.717, 1.165) is 43.4 Å². The van der Waals surface area contributed by atoms with Crippen molar-refractivity contribution in [3.8, 4) is 0 Å². The van der Waals surface area contributed by atoms with Gasteiger partial charge in [0, 0.05) is 36.7 Å². The second-order valence-corrected chi connectivity index (χ2v) is 6.13. The summed E-state index contributed by atoms with van der Waals surface area (Å²) in [6, 6.07) is 9.92. The van der Waals surface area contributed by atoms with Crippen molar-refractivity contribution < 1.29 is 4.79 Å². The fraction of sp³-hybridized carbons (Fsp3) is 0.353. The third-order valence-electron chi connectivity index (χ3n) is 4.58. The Labute approximate surface area is 134 Å². The number of para-hydroxylation sites is 1. The minimum atomic E-state index is 0.0976. The Balaban J connectivity index is 1.40. The largest absolute Gasteiger partial charge is 0.351 e. The average molecular weight is 309 g/mol. The van der Waals surface area contributed by atoms with Gasteiger partial charge < -0.3 is 9.88 Å². The van der Waals surface area contributed by atoms with Crippen LogP contribution in [0.5, 0.6) is 0 Å². The van der Waals surface area contributed by atoms with Gasteiger partial charge in [0.15, 0.2) is 0 Å². The van der Waals surface area contributed by atoms with E-state index in [4.69, 9.17) is 0 Å². The van der Waals surface area contributed by atoms with E-state index < -0.39 is 0 Å². The average Bonchev–Trinajstić information content (AvgIpc) is 3.24. The third-order valence-corrected chi connectivity index (χ3v) is 4.58. The molecule has 1 N–H and O–H groups in total. The van der Waals surface area contributed by atoms with Crippen molar-refractivity contribution in [2.75, 3.05) is 13.1 Å². The molecule has 0 spiro atoms. The summed E-state index contributed by atoms with van der Waals surface area (Å²) in [5.41, 5.74) is 1.69. The first-order chi connectivity index (χ1) is 11.3. The Bertz CT molecular complexity index is 766. The number of hydrogen-bond donors (Lipinski definition) is 1. The van der Waals surface area contributed by atoms with E-state index in [1.807, 2.05) is 46.1 Å². The molecule has 1 fully saturated rings. The lowest BCUT2D eigenvalue weighted by Crippen LogP contribution is -2.39. The first-order valence-corrected chi connectivity index (χ1v) is 8.01. The van der Waals surface area contributed by atoms with Crippen LogP contribution in [-0.4, -0.2) is 43.9 Å². The number of carbonyl (C=O) groups excluding carboxylic acids is 1. The van der Waals surface area contributed by atoms with Crippen LogP contribution in [0, 0.1) is 5.92 Å². The van der Waals surface area contributed by atoms with Crippen LogP contribution in [0.1, 0.15) is 23.3 Å². The maximum atomic E-state index is 12.7. The standard InChI is InChI=1S/C17H19N5O/c23-17(16-11-14-3-1-2-4-15(14)19-16)21-8-5-13(6-9-21)12-22-10-7-18-20-22/h1-4,7,10-11,13,19H,5-6,8-9,12H2. The molecule has 1 aliphatic rings. The van der Waals surface area contributed by atoms with Gasteiger partial charge in [-0.1, -0.05) is 23.4 Å². The van der Waals surface area contributed by atoms with E-state index in [9.17, 15) is 4.79 Å². The molecule has 0 bridgehead atoms. The lowest BCUT2D eigenvalue weighted by molar-refractivity contribution is 0.0676. The zero-order valence-corrected chi connectivity index (χ0v) is 12.9. The Morgan fingerprint density at radius 3 is 2.83 bits per heavy atom. The van der Waals surface area contributed by atoms with Crippen molar-refractivity contribution in [2.24, 2.45) is 5.92 Å². The molecule has 6 nitrogen and oxygen atoms in total. The molecule has 6 heteroatoms. The molecule has 0 saturated carbocycles. The quantitative estimate of drug-likeness (QED) is 0.807. The molecule has 4 rings (SSSR count). The molecule has 3 heterocycles. The van der Waals surface area contributed by atoms with Gasteiger partial charge >= 0.3 is 0 Å². The molecule has 0 atom stereocenters. The Morgan fingerprint density at radius 1 is 1.26 bits per heavy atom. The van der Waals surface area contributed by atoms with Gasteiger partial charge in [-0.15, -0.1) is 5.10 Å². The number of aromatic nitrogens is 4. The zero-order chi connectivity index (χ0) is 15.6. The number of nitrogens with zero attached hydrogens (tertiary/aromatic N) is 4. The second-order valence-electron chi connectivity index (χ2n) is 6.13. The summed E-state index contributed by atoms with van der Waals surface area (Å²) in [5, 5.41) is 8.93. The number of likely N-dealkylation sites (tertiary alicyclic amines) is 1. The van der Waals surface area contributed by atoms with Gasteiger partial charge in [-0.05, 0) is 30.9 Å². The first kappa shape index (κ1) is 14.0. The molecule has 3 aromatic rings. The van der Waals surface area contributed by atoms with Crippen LogP contribution < -0.4 is 0 Å². The van der Waals surface area contributed by atoms with Crippen molar-refractivity contribution in [2.45, 2.75) is 19.4 Å². The van der Waals surface area contributed by atoms with Gasteiger partial charge in [-0.2, -0.15) is 0 Å². The van der Waals surface area contributed by atoms with Gasteiger partial charge in [0.1, 0.15) is 5.69 Å². The number of nitrogens with one attached hydrogen (secondary N) is 1. The molecular formula is C17H19N5O. The van der Waals surface area contributed by atoms with E-state index in [-0.39, 0.29) is 5.91 Å². The van der Waals surface area contributed by atoms with Crippen LogP contribution >= 0.6 is 0 Å². The highest BCUT2D eigenvalue weighted by Crippen LogP contribution is 2.22. The van der Waals surface area contributed by atoms with Gasteiger partial charge in [0.05, 0.1) is 6.20 Å². The van der Waals surface area contributed by atoms with Crippen LogP contribution in [0.25, 0.3) is 10.9 Å². The fourth-order valence-electron chi connectivity index (χ4n) is 3.27. The van der Waals surface area contributed by atoms with Crippen molar-refractivity contribution in [3.63, 3.8) is 0 Å². The van der Waals surface area contributed by atoms with Crippen LogP contribution in [0.15, 0.2) is 42.7 Å². The molecule has 1 amide bonds. The minimum absolute atomic E-state index is 0.0976. The number of H-pyrrole nitrogens is 1. The molecule has 0 aliphatic carbocycles. The number of aromatic amines is 1. The van der Waals surface area contributed by atoms with Crippen molar-refractivity contribution in [1.29, 1.82) is 0 Å². The van der Waals surface area contributed by atoms with Crippen molar-refractivity contribution in [3.05, 3.63) is 48.4 Å². The SMILES string of the molecule is O=C(c1cc2ccccc2[nH]1)N1CCC(Cn2ccnn2)CC1. The lowest BCUT2D eigenvalue weighted by atomic mass is 9.96. The van der Waals surface area contributed by atoms with Crippen LogP contribution in [0.4, 0.5) is 0 Å². The van der Waals surface area contributed by atoms with Crippen LogP contribution in [0.2, 0.25) is 0 Å². The van der Waals surface area contributed by atoms with Crippen molar-refractivity contribution in [1.82, 2.24) is 24.9 Å². The van der Waals surface area contributed by atoms with Gasteiger partial charge in [0.2, 0.25) is 0 Å². The number of rotatable bonds is 3. The number of piperidine rings is 1. The maximum Gasteiger partial charge on any atom is 0.270 e. The molecule has 23 heavy (non-hydrogen) atoms. The zero-order valence-electron chi connectivity index (χ0n) is 12.9. The van der Waals surface area contributed by atoms with Gasteiger partial charge in [-0.25, -0.2) is 0 Å². The highest BCUT2D eigenvalue weighted by molar-refractivity contribution is 5.98. The summed E-state index contributed by atoms with van der Waals surface area (Å²) in [7, 11) is 0. The molecule has 1 saturated heterocycles. The lowest BCUT2D eigenvalue weighted by Gasteiger charge is -2.31. The predicted molar refractivity (Wildman–Crippen MR) is 86.9 cm³/mol. The monoisotopic (exact) mass is 309 g/mol. The summed E-state index contributed by atoms with van der Waals surface area (Å²) >= 11 is 0. The molecular weight excluding hydrogens is 290 g/mol. The summed E-state index contributed by atoms with van der Waals surface area (Å²) in [4.78, 5) is 17.8. The number of hydrogen-bond acceptors (Lipinski definition) is 3. The maximum absolute atomic E-state index is 12.7. The van der Waals surface area contributed by atoms with E-state index >= 15 is 0 Å². The second kappa shape index (κ2) is 5.87. The smallest absolute Gasteiger partial charge is 0.270 e. The Hall–Kier alpha value is -2.63. The van der Waals surface area contributed by atoms with Crippen molar-refractivity contribution >= 4 is 16.8 Å². The Kier molecular flexibility index (Phi) is 3.57. The third kappa shape index (κ3) is 2.84. The summed E-state index contributed by atoms with van der Waals surface area (Å²) < 4.78 is 1.87. The number of fused-ring (bicyclic) bond motifs is 1. The normalized spacial score (nSPS) is 16.1. The summed E-state index contributed by atoms with van der Waals surface area (Å²) in [5.74, 6) is 0.656. The van der Waals surface area contributed by atoms with E-state index in [1.165, 1.54) is 0 Å². The highest BCUT2D eigenvalue weighted by Gasteiger charge is 2.24. The van der Waals surface area contributed by atoms with Gasteiger partial charge in [-0.3, -0.25) is 9.48 Å². The van der Waals surface area contributed by atoms with E-state index in [1.54, 1.807) is 6.20 Å². The molecule has 1 aromatic carbocycles. The minimum Gasteiger partial charge on any atom is -0.351 e. The summed E-state index contributed by atoms with van der Waals surface area (Å²) in [6.07, 6.45) is 5.61. The van der Waals surface area contributed by atoms with Crippen LogP contribution in [-0.2, 0) is 6.54 Å². The van der Waals surface area contributed by atoms with Gasteiger partial charge in [0.25, 0.3) is 5.91 Å². The first-order valence-electron chi connectivity index (χ1n) is 8.01. The molecule has 118 valence electrons. The van der Waals surface area contributed by atoms with E-state index in [0.29, 0.717) is 11.6 Å². The molecule has 1 aliphatic heterocycles. The molecule has 0 radical (unpaired) electrons. The van der Waals surface area contributed by atoms with Crippen LogP contribution in [0.3, 0.4) is 0 Å². The topological polar surface area (TPSA) is 66.8 Å². The number of benzene rings is 1. The summed E-state index contributed by atoms with van der Waals surface area (Å²) in [6.45, 7) is 2.48.